The van der Waals surface area contributed by atoms with Gasteiger partial charge in [0.25, 0.3) is 11.6 Å². The van der Waals surface area contributed by atoms with Crippen molar-refractivity contribution in [2.45, 2.75) is 26.4 Å². The van der Waals surface area contributed by atoms with Gasteiger partial charge in [-0.05, 0) is 32.0 Å². The first kappa shape index (κ1) is 18.4. The van der Waals surface area contributed by atoms with Gasteiger partial charge in [0.15, 0.2) is 6.10 Å². The second-order valence-electron chi connectivity index (χ2n) is 6.27. The number of aryl methyl sites for hydroxylation is 1. The molecule has 0 fully saturated rings. The first-order valence-electron chi connectivity index (χ1n) is 8.49. The zero-order valence-corrected chi connectivity index (χ0v) is 15.0. The number of hydrogen-bond donors (Lipinski definition) is 1. The van der Waals surface area contributed by atoms with Gasteiger partial charge in [0.05, 0.1) is 10.6 Å². The Kier molecular flexibility index (Phi) is 5.07. The molecule has 3 rings (SSSR count). The van der Waals surface area contributed by atoms with Crippen molar-refractivity contribution in [2.75, 3.05) is 16.8 Å². The van der Waals surface area contributed by atoms with Gasteiger partial charge in [-0.3, -0.25) is 19.7 Å². The molecule has 140 valence electrons. The number of fused-ring (bicyclic) bond motifs is 1. The van der Waals surface area contributed by atoms with Crippen LogP contribution in [0.15, 0.2) is 42.5 Å². The third kappa shape index (κ3) is 3.89. The molecule has 2 amide bonds. The zero-order valence-electron chi connectivity index (χ0n) is 15.0. The van der Waals surface area contributed by atoms with Gasteiger partial charge in [0.2, 0.25) is 5.91 Å². The molecule has 1 N–H and O–H groups in total. The minimum atomic E-state index is -0.622. The summed E-state index contributed by atoms with van der Waals surface area (Å²) in [4.78, 5) is 36.7. The highest BCUT2D eigenvalue weighted by Gasteiger charge is 2.31. The van der Waals surface area contributed by atoms with E-state index in [1.165, 1.54) is 11.0 Å². The van der Waals surface area contributed by atoms with Crippen LogP contribution in [0.25, 0.3) is 0 Å². The molecule has 0 aromatic heterocycles. The first-order chi connectivity index (χ1) is 12.9. The van der Waals surface area contributed by atoms with E-state index in [-0.39, 0.29) is 30.5 Å². The van der Waals surface area contributed by atoms with Crippen molar-refractivity contribution in [1.29, 1.82) is 0 Å². The number of nitro benzene ring substituents is 1. The number of amides is 2. The first-order valence-corrected chi connectivity index (χ1v) is 8.49. The summed E-state index contributed by atoms with van der Waals surface area (Å²) >= 11 is 0. The van der Waals surface area contributed by atoms with Crippen LogP contribution in [0.1, 0.15) is 18.9 Å². The number of rotatable bonds is 5. The molecule has 2 aromatic rings. The summed E-state index contributed by atoms with van der Waals surface area (Å²) in [6.45, 7) is 3.48. The molecule has 0 radical (unpaired) electrons. The fourth-order valence-electron chi connectivity index (χ4n) is 2.91. The zero-order chi connectivity index (χ0) is 19.6. The number of anilines is 2. The van der Waals surface area contributed by atoms with Gasteiger partial charge >= 0.3 is 0 Å². The molecular weight excluding hydrogens is 350 g/mol. The summed E-state index contributed by atoms with van der Waals surface area (Å²) in [5.41, 5.74) is 1.43. The van der Waals surface area contributed by atoms with Crippen molar-refractivity contribution >= 4 is 28.9 Å². The largest absolute Gasteiger partial charge is 0.479 e. The SMILES string of the molecule is Cc1ccc(NC(=O)CCN2C(=O)C(C)Oc3ccccc32)cc1[N+](=O)[O-]. The number of para-hydroxylation sites is 2. The maximum atomic E-state index is 12.4. The van der Waals surface area contributed by atoms with Crippen LogP contribution in [-0.2, 0) is 9.59 Å². The monoisotopic (exact) mass is 369 g/mol. The molecule has 8 nitrogen and oxygen atoms in total. The van der Waals surface area contributed by atoms with Crippen LogP contribution >= 0.6 is 0 Å². The molecule has 27 heavy (non-hydrogen) atoms. The molecule has 1 heterocycles. The van der Waals surface area contributed by atoms with Crippen molar-refractivity contribution in [3.8, 4) is 5.75 Å². The lowest BCUT2D eigenvalue weighted by Crippen LogP contribution is -2.45. The van der Waals surface area contributed by atoms with E-state index >= 15 is 0 Å². The highest BCUT2D eigenvalue weighted by atomic mass is 16.6. The lowest BCUT2D eigenvalue weighted by Gasteiger charge is -2.32. The van der Waals surface area contributed by atoms with Gasteiger partial charge in [0.1, 0.15) is 5.75 Å². The molecular formula is C19H19N3O5. The molecule has 1 aliphatic rings. The lowest BCUT2D eigenvalue weighted by atomic mass is 10.1. The Labute approximate surface area is 155 Å². The van der Waals surface area contributed by atoms with E-state index in [0.717, 1.165) is 0 Å². The van der Waals surface area contributed by atoms with Crippen molar-refractivity contribution in [3.05, 3.63) is 58.1 Å². The third-order valence-electron chi connectivity index (χ3n) is 4.33. The summed E-state index contributed by atoms with van der Waals surface area (Å²) in [6.07, 6.45) is -0.572. The molecule has 1 aliphatic heterocycles. The molecule has 1 unspecified atom stereocenters. The van der Waals surface area contributed by atoms with E-state index < -0.39 is 11.0 Å². The van der Waals surface area contributed by atoms with E-state index in [1.54, 1.807) is 44.2 Å². The van der Waals surface area contributed by atoms with Gasteiger partial charge in [-0.1, -0.05) is 18.2 Å². The number of nitrogens with zero attached hydrogens (tertiary/aromatic N) is 2. The standard InChI is InChI=1S/C19H19N3O5/c1-12-7-8-14(11-16(12)22(25)26)20-18(23)9-10-21-15-5-3-4-6-17(15)27-13(2)19(21)24/h3-8,11,13H,9-10H2,1-2H3,(H,20,23). The molecule has 1 atom stereocenters. The Morgan fingerprint density at radius 3 is 2.78 bits per heavy atom. The topological polar surface area (TPSA) is 102 Å². The van der Waals surface area contributed by atoms with Crippen LogP contribution in [0.3, 0.4) is 0 Å². The molecule has 0 spiro atoms. The number of carbonyl (C=O) groups is 2. The molecule has 0 saturated heterocycles. The Bertz CT molecular complexity index is 912. The van der Waals surface area contributed by atoms with E-state index in [4.69, 9.17) is 4.74 Å². The predicted octanol–water partition coefficient (Wildman–Crippen LogP) is 3.05. The van der Waals surface area contributed by atoms with E-state index in [9.17, 15) is 19.7 Å². The summed E-state index contributed by atoms with van der Waals surface area (Å²) < 4.78 is 5.57. The summed E-state index contributed by atoms with van der Waals surface area (Å²) in [6, 6.07) is 11.7. The Balaban J connectivity index is 1.68. The molecule has 0 bridgehead atoms. The fraction of sp³-hybridized carbons (Fsp3) is 0.263. The predicted molar refractivity (Wildman–Crippen MR) is 100.0 cm³/mol. The second kappa shape index (κ2) is 7.45. The van der Waals surface area contributed by atoms with Crippen LogP contribution in [0.4, 0.5) is 17.1 Å². The number of benzene rings is 2. The molecule has 2 aromatic carbocycles. The maximum absolute atomic E-state index is 12.4. The summed E-state index contributed by atoms with van der Waals surface area (Å²) in [7, 11) is 0. The van der Waals surface area contributed by atoms with Crippen LogP contribution in [-0.4, -0.2) is 29.4 Å². The highest BCUT2D eigenvalue weighted by Crippen LogP contribution is 2.33. The summed E-state index contributed by atoms with van der Waals surface area (Å²) in [5.74, 6) is 0.0456. The number of ether oxygens (including phenoxy) is 1. The minimum absolute atomic E-state index is 0.0501. The van der Waals surface area contributed by atoms with Gasteiger partial charge in [-0.25, -0.2) is 0 Å². The fourth-order valence-corrected chi connectivity index (χ4v) is 2.91. The molecule has 0 saturated carbocycles. The van der Waals surface area contributed by atoms with Gasteiger partial charge in [-0.2, -0.15) is 0 Å². The normalized spacial score (nSPS) is 15.7. The Hall–Kier alpha value is -3.42. The number of nitrogens with one attached hydrogen (secondary N) is 1. The molecule has 8 heteroatoms. The van der Waals surface area contributed by atoms with Crippen LogP contribution in [0.2, 0.25) is 0 Å². The number of carbonyl (C=O) groups excluding carboxylic acids is 2. The van der Waals surface area contributed by atoms with Crippen molar-refractivity contribution in [2.24, 2.45) is 0 Å². The van der Waals surface area contributed by atoms with Crippen LogP contribution in [0, 0.1) is 17.0 Å². The van der Waals surface area contributed by atoms with Crippen LogP contribution in [0.5, 0.6) is 5.75 Å². The van der Waals surface area contributed by atoms with Crippen molar-refractivity contribution in [3.63, 3.8) is 0 Å². The second-order valence-corrected chi connectivity index (χ2v) is 6.27. The van der Waals surface area contributed by atoms with E-state index in [1.807, 2.05) is 6.07 Å². The van der Waals surface area contributed by atoms with Crippen molar-refractivity contribution in [1.82, 2.24) is 0 Å². The number of nitro groups is 1. The molecule has 0 aliphatic carbocycles. The van der Waals surface area contributed by atoms with Gasteiger partial charge < -0.3 is 15.0 Å². The lowest BCUT2D eigenvalue weighted by molar-refractivity contribution is -0.385. The van der Waals surface area contributed by atoms with Gasteiger partial charge in [0, 0.05) is 30.3 Å². The van der Waals surface area contributed by atoms with Gasteiger partial charge in [-0.15, -0.1) is 0 Å². The Morgan fingerprint density at radius 2 is 2.04 bits per heavy atom. The van der Waals surface area contributed by atoms with Crippen LogP contribution < -0.4 is 15.0 Å². The minimum Gasteiger partial charge on any atom is -0.479 e. The van der Waals surface area contributed by atoms with Crippen molar-refractivity contribution < 1.29 is 19.2 Å². The maximum Gasteiger partial charge on any atom is 0.274 e. The highest BCUT2D eigenvalue weighted by molar-refractivity contribution is 6.00. The summed E-state index contributed by atoms with van der Waals surface area (Å²) in [5, 5.41) is 13.7. The number of hydrogen-bond acceptors (Lipinski definition) is 5. The van der Waals surface area contributed by atoms with E-state index in [2.05, 4.69) is 5.32 Å². The quantitative estimate of drug-likeness (QED) is 0.645. The third-order valence-corrected chi connectivity index (χ3v) is 4.33. The smallest absolute Gasteiger partial charge is 0.274 e. The average Bonchev–Trinajstić information content (AvgIpc) is 2.63. The Morgan fingerprint density at radius 1 is 1.30 bits per heavy atom. The average molecular weight is 369 g/mol. The van der Waals surface area contributed by atoms with E-state index in [0.29, 0.717) is 22.7 Å².